The van der Waals surface area contributed by atoms with Gasteiger partial charge in [0.1, 0.15) is 0 Å². The van der Waals surface area contributed by atoms with Crippen molar-refractivity contribution in [2.24, 2.45) is 0 Å². The molecule has 4 aromatic rings. The van der Waals surface area contributed by atoms with Gasteiger partial charge in [0.15, 0.2) is 0 Å². The second-order valence-corrected chi connectivity index (χ2v) is 6.41. The fourth-order valence-electron chi connectivity index (χ4n) is 3.40. The van der Waals surface area contributed by atoms with Crippen molar-refractivity contribution in [2.45, 2.75) is 6.92 Å². The van der Waals surface area contributed by atoms with E-state index in [2.05, 4.69) is 0 Å². The van der Waals surface area contributed by atoms with Crippen LogP contribution >= 0.6 is 0 Å². The highest BCUT2D eigenvalue weighted by Crippen LogP contribution is 2.27. The number of hydrogen-bond donors (Lipinski definition) is 0. The van der Waals surface area contributed by atoms with Crippen molar-refractivity contribution in [1.82, 2.24) is 4.40 Å². The van der Waals surface area contributed by atoms with Gasteiger partial charge in [-0.3, -0.25) is 14.9 Å². The summed E-state index contributed by atoms with van der Waals surface area (Å²) < 4.78 is 6.84. The van der Waals surface area contributed by atoms with Crippen molar-refractivity contribution in [2.75, 3.05) is 6.61 Å². The molecule has 0 aliphatic rings. The average molecular weight is 388 g/mol. The summed E-state index contributed by atoms with van der Waals surface area (Å²) in [4.78, 5) is 36.3. The zero-order chi connectivity index (χ0) is 20.5. The van der Waals surface area contributed by atoms with Crippen LogP contribution in [0.25, 0.3) is 16.4 Å². The zero-order valence-corrected chi connectivity index (χ0v) is 15.5. The average Bonchev–Trinajstić information content (AvgIpc) is 3.14. The van der Waals surface area contributed by atoms with Gasteiger partial charge in [-0.1, -0.05) is 36.4 Å². The van der Waals surface area contributed by atoms with E-state index in [1.807, 2.05) is 30.3 Å². The first-order valence-corrected chi connectivity index (χ1v) is 9.00. The number of esters is 1. The van der Waals surface area contributed by atoms with Crippen LogP contribution in [0.2, 0.25) is 0 Å². The predicted molar refractivity (Wildman–Crippen MR) is 107 cm³/mol. The summed E-state index contributed by atoms with van der Waals surface area (Å²) in [6.45, 7) is 1.92. The van der Waals surface area contributed by atoms with Gasteiger partial charge in [-0.2, -0.15) is 0 Å². The maximum Gasteiger partial charge on any atom is 0.340 e. The standard InChI is InChI=1S/C22H16N2O5/c1-2-29-22(26)17-13-20(21(25)15-7-5-8-16(12-15)24(27)28)23-18-9-4-3-6-14(18)10-11-19(17)23/h3-13H,2H2,1H3. The third kappa shape index (κ3) is 3.12. The number of pyridine rings is 1. The monoisotopic (exact) mass is 388 g/mol. The quantitative estimate of drug-likeness (QED) is 0.219. The summed E-state index contributed by atoms with van der Waals surface area (Å²) in [5, 5.41) is 12.0. The molecule has 4 rings (SSSR count). The number of hydrogen-bond acceptors (Lipinski definition) is 5. The number of carbonyl (C=O) groups is 2. The van der Waals surface area contributed by atoms with E-state index in [1.54, 1.807) is 17.4 Å². The van der Waals surface area contributed by atoms with Crippen LogP contribution in [-0.4, -0.2) is 27.7 Å². The molecule has 0 saturated carbocycles. The van der Waals surface area contributed by atoms with Crippen LogP contribution in [0.3, 0.4) is 0 Å². The molecule has 0 aliphatic heterocycles. The minimum Gasteiger partial charge on any atom is -0.462 e. The lowest BCUT2D eigenvalue weighted by atomic mass is 10.1. The van der Waals surface area contributed by atoms with E-state index in [0.717, 1.165) is 10.9 Å². The van der Waals surface area contributed by atoms with Crippen molar-refractivity contribution in [3.05, 3.63) is 93.7 Å². The normalized spacial score (nSPS) is 10.9. The Morgan fingerprint density at radius 1 is 1.00 bits per heavy atom. The molecule has 2 aromatic carbocycles. The fourth-order valence-corrected chi connectivity index (χ4v) is 3.40. The van der Waals surface area contributed by atoms with Crippen LogP contribution in [0.4, 0.5) is 5.69 Å². The van der Waals surface area contributed by atoms with Gasteiger partial charge < -0.3 is 9.14 Å². The minimum absolute atomic E-state index is 0.168. The maximum atomic E-state index is 13.3. The van der Waals surface area contributed by atoms with E-state index >= 15 is 0 Å². The SMILES string of the molecule is CCOC(=O)c1cc(C(=O)c2cccc([N+](=O)[O-])c2)n2c1ccc1ccccc12. The molecule has 0 unspecified atom stereocenters. The van der Waals surface area contributed by atoms with Gasteiger partial charge in [0.05, 0.1) is 33.8 Å². The molecule has 0 amide bonds. The van der Waals surface area contributed by atoms with Crippen molar-refractivity contribution in [3.63, 3.8) is 0 Å². The Bertz CT molecular complexity index is 1290. The van der Waals surface area contributed by atoms with Gasteiger partial charge in [-0.25, -0.2) is 4.79 Å². The summed E-state index contributed by atoms with van der Waals surface area (Å²) in [7, 11) is 0. The highest BCUT2D eigenvalue weighted by molar-refractivity contribution is 6.12. The van der Waals surface area contributed by atoms with Crippen molar-refractivity contribution in [3.8, 4) is 0 Å². The largest absolute Gasteiger partial charge is 0.462 e. The van der Waals surface area contributed by atoms with Crippen molar-refractivity contribution in [1.29, 1.82) is 0 Å². The Hall–Kier alpha value is -4.00. The second kappa shape index (κ2) is 7.20. The first-order valence-electron chi connectivity index (χ1n) is 9.00. The second-order valence-electron chi connectivity index (χ2n) is 6.41. The number of nitro benzene ring substituents is 1. The van der Waals surface area contributed by atoms with Crippen LogP contribution in [-0.2, 0) is 4.74 Å². The molecule has 144 valence electrons. The molecular weight excluding hydrogens is 372 g/mol. The lowest BCUT2D eigenvalue weighted by Crippen LogP contribution is -2.06. The van der Waals surface area contributed by atoms with Crippen molar-refractivity contribution >= 4 is 33.9 Å². The van der Waals surface area contributed by atoms with Gasteiger partial charge in [0.25, 0.3) is 5.69 Å². The van der Waals surface area contributed by atoms with Gasteiger partial charge in [0.2, 0.25) is 5.78 Å². The van der Waals surface area contributed by atoms with E-state index in [1.165, 1.54) is 30.3 Å². The predicted octanol–water partition coefficient (Wildman–Crippen LogP) is 4.41. The number of nitrogens with zero attached hydrogens (tertiary/aromatic N) is 2. The lowest BCUT2D eigenvalue weighted by Gasteiger charge is -2.07. The molecular formula is C22H16N2O5. The first-order chi connectivity index (χ1) is 14.0. The van der Waals surface area contributed by atoms with E-state index < -0.39 is 16.7 Å². The molecule has 0 saturated heterocycles. The maximum absolute atomic E-state index is 13.3. The molecule has 29 heavy (non-hydrogen) atoms. The smallest absolute Gasteiger partial charge is 0.340 e. The molecule has 7 heteroatoms. The Morgan fingerprint density at radius 3 is 2.55 bits per heavy atom. The zero-order valence-electron chi connectivity index (χ0n) is 15.5. The number of rotatable bonds is 5. The molecule has 0 bridgehead atoms. The van der Waals surface area contributed by atoms with Gasteiger partial charge in [-0.15, -0.1) is 0 Å². The lowest BCUT2D eigenvalue weighted by molar-refractivity contribution is -0.384. The van der Waals surface area contributed by atoms with E-state index in [-0.39, 0.29) is 29.1 Å². The Labute approximate surface area is 165 Å². The molecule has 7 nitrogen and oxygen atoms in total. The number of carbonyl (C=O) groups excluding carboxylic acids is 2. The Kier molecular flexibility index (Phi) is 4.56. The van der Waals surface area contributed by atoms with E-state index in [4.69, 9.17) is 4.74 Å². The first kappa shape index (κ1) is 18.4. The van der Waals surface area contributed by atoms with Crippen LogP contribution < -0.4 is 0 Å². The van der Waals surface area contributed by atoms with Crippen LogP contribution in [0.5, 0.6) is 0 Å². The number of ether oxygens (including phenoxy) is 1. The molecule has 0 aliphatic carbocycles. The summed E-state index contributed by atoms with van der Waals surface area (Å²) >= 11 is 0. The van der Waals surface area contributed by atoms with Crippen LogP contribution in [0, 0.1) is 10.1 Å². The van der Waals surface area contributed by atoms with E-state index in [0.29, 0.717) is 5.52 Å². The van der Waals surface area contributed by atoms with E-state index in [9.17, 15) is 19.7 Å². The number of benzene rings is 2. The van der Waals surface area contributed by atoms with Gasteiger partial charge in [-0.05, 0) is 30.5 Å². The van der Waals surface area contributed by atoms with Gasteiger partial charge >= 0.3 is 5.97 Å². The molecule has 2 heterocycles. The number of ketones is 1. The number of aromatic nitrogens is 1. The van der Waals surface area contributed by atoms with Crippen LogP contribution in [0.15, 0.2) is 66.7 Å². The van der Waals surface area contributed by atoms with Gasteiger partial charge in [0, 0.05) is 17.7 Å². The fraction of sp³-hybridized carbons (Fsp3) is 0.0909. The summed E-state index contributed by atoms with van der Waals surface area (Å²) in [6, 6.07) is 18.1. The highest BCUT2D eigenvalue weighted by atomic mass is 16.6. The summed E-state index contributed by atoms with van der Waals surface area (Å²) in [5.41, 5.74) is 1.78. The Balaban J connectivity index is 1.99. The Morgan fingerprint density at radius 2 is 1.79 bits per heavy atom. The highest BCUT2D eigenvalue weighted by Gasteiger charge is 2.23. The molecule has 0 fully saturated rings. The summed E-state index contributed by atoms with van der Waals surface area (Å²) in [5.74, 6) is -0.950. The summed E-state index contributed by atoms with van der Waals surface area (Å²) in [6.07, 6.45) is 0. The van der Waals surface area contributed by atoms with Crippen molar-refractivity contribution < 1.29 is 19.2 Å². The number of fused-ring (bicyclic) bond motifs is 3. The molecule has 0 N–H and O–H groups in total. The molecule has 0 spiro atoms. The number of non-ortho nitro benzene ring substituents is 1. The molecule has 0 atom stereocenters. The van der Waals surface area contributed by atoms with Crippen LogP contribution in [0.1, 0.15) is 33.3 Å². The molecule has 0 radical (unpaired) electrons. The minimum atomic E-state index is -0.549. The number of nitro groups is 1. The number of para-hydroxylation sites is 1. The third-order valence-corrected chi connectivity index (χ3v) is 4.68. The topological polar surface area (TPSA) is 90.9 Å². The third-order valence-electron chi connectivity index (χ3n) is 4.68. The molecule has 2 aromatic heterocycles.